The molecule has 0 radical (unpaired) electrons. The van der Waals surface area contributed by atoms with Gasteiger partial charge in [-0.15, -0.1) is 0 Å². The Morgan fingerprint density at radius 1 is 1.08 bits per heavy atom. The number of hydrogen-bond acceptors (Lipinski definition) is 7. The average molecular weight is 506 g/mol. The number of aliphatic imine (C=N–C) groups is 1. The van der Waals surface area contributed by atoms with Gasteiger partial charge in [0, 0.05) is 43.6 Å². The highest BCUT2D eigenvalue weighted by Crippen LogP contribution is 2.30. The molecule has 5 rings (SSSR count). The van der Waals surface area contributed by atoms with Crippen molar-refractivity contribution >= 4 is 23.3 Å². The van der Waals surface area contributed by atoms with E-state index in [1.54, 1.807) is 0 Å². The average Bonchev–Trinajstić information content (AvgIpc) is 3.62. The predicted octanol–water partition coefficient (Wildman–Crippen LogP) is 2.21. The molecule has 0 spiro atoms. The smallest absolute Gasteiger partial charge is 0.271 e. The number of nitrogens with zero attached hydrogens (tertiary/aromatic N) is 3. The summed E-state index contributed by atoms with van der Waals surface area (Å²) in [6.07, 6.45) is 9.45. The summed E-state index contributed by atoms with van der Waals surface area (Å²) in [7, 11) is 0. The fourth-order valence-corrected chi connectivity index (χ4v) is 4.83. The summed E-state index contributed by atoms with van der Waals surface area (Å²) in [5.74, 6) is 0.966. The second kappa shape index (κ2) is 11.4. The summed E-state index contributed by atoms with van der Waals surface area (Å²) in [5, 5.41) is 12.9. The van der Waals surface area contributed by atoms with Crippen molar-refractivity contribution in [2.75, 3.05) is 32.7 Å². The molecule has 9 heteroatoms. The number of likely N-dealkylation sites (tertiary alicyclic amines) is 1. The summed E-state index contributed by atoms with van der Waals surface area (Å²) in [4.78, 5) is 34.7. The van der Waals surface area contributed by atoms with Crippen LogP contribution < -0.4 is 21.3 Å². The Balaban J connectivity index is 1.29. The van der Waals surface area contributed by atoms with Gasteiger partial charge < -0.3 is 31.1 Å². The van der Waals surface area contributed by atoms with E-state index < -0.39 is 0 Å². The van der Waals surface area contributed by atoms with Crippen LogP contribution in [0.25, 0.3) is 5.70 Å². The maximum atomic E-state index is 13.1. The third-order valence-corrected chi connectivity index (χ3v) is 7.14. The predicted molar refractivity (Wildman–Crippen MR) is 145 cm³/mol. The van der Waals surface area contributed by atoms with E-state index in [2.05, 4.69) is 44.9 Å². The van der Waals surface area contributed by atoms with E-state index >= 15 is 0 Å². The topological polar surface area (TPSA) is 101 Å². The number of carbonyl (C=O) groups is 2. The second-order valence-electron chi connectivity index (χ2n) is 10.8. The molecule has 2 fully saturated rings. The van der Waals surface area contributed by atoms with Gasteiger partial charge in [0.15, 0.2) is 6.17 Å². The molecule has 1 aromatic carbocycles. The fourth-order valence-electron chi connectivity index (χ4n) is 4.83. The monoisotopic (exact) mass is 505 g/mol. The first-order chi connectivity index (χ1) is 18.0. The zero-order valence-electron chi connectivity index (χ0n) is 21.9. The Kier molecular flexibility index (Phi) is 7.79. The molecule has 37 heavy (non-hydrogen) atoms. The van der Waals surface area contributed by atoms with Gasteiger partial charge in [-0.1, -0.05) is 32.4 Å². The first kappa shape index (κ1) is 25.3. The minimum absolute atomic E-state index is 0.0286. The van der Waals surface area contributed by atoms with Crippen LogP contribution in [0, 0.1) is 5.92 Å². The van der Waals surface area contributed by atoms with E-state index in [9.17, 15) is 9.59 Å². The van der Waals surface area contributed by atoms with Crippen LogP contribution in [0.1, 0.15) is 61.9 Å². The normalized spacial score (nSPS) is 21.4. The molecule has 9 nitrogen and oxygen atoms in total. The van der Waals surface area contributed by atoms with Gasteiger partial charge in [0.05, 0.1) is 5.70 Å². The van der Waals surface area contributed by atoms with Gasteiger partial charge in [-0.3, -0.25) is 9.59 Å². The molecule has 1 unspecified atom stereocenters. The van der Waals surface area contributed by atoms with Crippen molar-refractivity contribution in [2.45, 2.75) is 58.2 Å². The van der Waals surface area contributed by atoms with Crippen LogP contribution >= 0.6 is 0 Å². The Labute approximate surface area is 219 Å². The van der Waals surface area contributed by atoms with E-state index in [0.717, 1.165) is 56.1 Å². The number of carbonyl (C=O) groups excluding carboxylic acids is 2. The third kappa shape index (κ3) is 6.33. The number of amides is 2. The number of nitrogens with one attached hydrogen (secondary N) is 4. The van der Waals surface area contributed by atoms with E-state index in [4.69, 9.17) is 4.99 Å². The van der Waals surface area contributed by atoms with E-state index in [1.165, 1.54) is 19.3 Å². The van der Waals surface area contributed by atoms with Gasteiger partial charge in [0.2, 0.25) is 0 Å². The lowest BCUT2D eigenvalue weighted by atomic mass is 10.1. The molecule has 1 atom stereocenters. The first-order valence-electron chi connectivity index (χ1n) is 13.7. The van der Waals surface area contributed by atoms with Gasteiger partial charge in [0.1, 0.15) is 11.5 Å². The van der Waals surface area contributed by atoms with Gasteiger partial charge in [-0.25, -0.2) is 4.99 Å². The molecule has 4 N–H and O–H groups in total. The van der Waals surface area contributed by atoms with Crippen molar-refractivity contribution in [3.05, 3.63) is 53.5 Å². The summed E-state index contributed by atoms with van der Waals surface area (Å²) in [5.41, 5.74) is 2.93. The van der Waals surface area contributed by atoms with Gasteiger partial charge in [-0.2, -0.15) is 0 Å². The summed E-state index contributed by atoms with van der Waals surface area (Å²) in [6, 6.07) is 7.95. The molecular formula is C28H39N7O2. The maximum absolute atomic E-state index is 13.1. The molecule has 0 bridgehead atoms. The van der Waals surface area contributed by atoms with Crippen LogP contribution in [0.4, 0.5) is 0 Å². The molecule has 3 aliphatic heterocycles. The molecule has 1 aliphatic carbocycles. The maximum Gasteiger partial charge on any atom is 0.271 e. The van der Waals surface area contributed by atoms with E-state index in [-0.39, 0.29) is 18.0 Å². The standard InChI is InChI=1S/C28H39N7O2/c1-19(2)16-30-25-26-31-17-24(20-6-8-21(9-7-20)27(36)32-22-10-11-22)35(26)18-23(33-25)28(37)29-12-15-34-13-4-3-5-14-34/h6-9,17-19,22,26,31H,3-5,10-16H2,1-2H3,(H,29,37)(H,30,33)(H,32,36). The zero-order chi connectivity index (χ0) is 25.8. The van der Waals surface area contributed by atoms with Crippen LogP contribution in [0.3, 0.4) is 0 Å². The van der Waals surface area contributed by atoms with Crippen molar-refractivity contribution in [3.8, 4) is 0 Å². The quantitative estimate of drug-likeness (QED) is 0.411. The first-order valence-corrected chi connectivity index (χ1v) is 13.7. The number of rotatable bonds is 9. The molecule has 0 aromatic heterocycles. The molecule has 1 aromatic rings. The Bertz CT molecular complexity index is 1080. The molecule has 3 heterocycles. The Morgan fingerprint density at radius 2 is 1.84 bits per heavy atom. The van der Waals surface area contributed by atoms with Gasteiger partial charge in [-0.05, 0) is 62.4 Å². The second-order valence-corrected chi connectivity index (χ2v) is 10.8. The van der Waals surface area contributed by atoms with Crippen LogP contribution in [0.5, 0.6) is 0 Å². The summed E-state index contributed by atoms with van der Waals surface area (Å²) >= 11 is 0. The molecule has 1 saturated heterocycles. The van der Waals surface area contributed by atoms with E-state index in [1.807, 2.05) is 36.7 Å². The van der Waals surface area contributed by atoms with Crippen molar-refractivity contribution in [1.29, 1.82) is 0 Å². The number of hydrogen-bond donors (Lipinski definition) is 4. The molecule has 2 amide bonds. The molecule has 4 aliphatic rings. The summed E-state index contributed by atoms with van der Waals surface area (Å²) in [6.45, 7) is 8.73. The third-order valence-electron chi connectivity index (χ3n) is 7.14. The van der Waals surface area contributed by atoms with Crippen LogP contribution in [-0.4, -0.2) is 72.4 Å². The van der Waals surface area contributed by atoms with E-state index in [0.29, 0.717) is 29.8 Å². The van der Waals surface area contributed by atoms with Crippen LogP contribution in [-0.2, 0) is 4.79 Å². The Hall–Kier alpha value is -3.33. The van der Waals surface area contributed by atoms with Gasteiger partial charge >= 0.3 is 0 Å². The molecule has 1 saturated carbocycles. The van der Waals surface area contributed by atoms with Crippen LogP contribution in [0.15, 0.2) is 47.4 Å². The lowest BCUT2D eigenvalue weighted by molar-refractivity contribution is -0.117. The fraction of sp³-hybridized carbons (Fsp3) is 0.536. The highest BCUT2D eigenvalue weighted by Gasteiger charge is 2.34. The summed E-state index contributed by atoms with van der Waals surface area (Å²) < 4.78 is 0. The molecule has 198 valence electrons. The SMILES string of the molecule is CC(C)CNC1=NC(C(=O)NCCN2CCCCC2)=CN2C(c3ccc(C(=O)NC4CC4)cc3)=CNC12. The highest BCUT2D eigenvalue weighted by molar-refractivity contribution is 6.01. The highest BCUT2D eigenvalue weighted by atomic mass is 16.2. The minimum Gasteiger partial charge on any atom is -0.370 e. The number of benzene rings is 1. The molecular weight excluding hydrogens is 466 g/mol. The van der Waals surface area contributed by atoms with Gasteiger partial charge in [0.25, 0.3) is 11.8 Å². The number of fused-ring (bicyclic) bond motifs is 1. The number of piperidine rings is 1. The number of amidine groups is 1. The minimum atomic E-state index is -0.212. The largest absolute Gasteiger partial charge is 0.370 e. The van der Waals surface area contributed by atoms with Crippen molar-refractivity contribution in [1.82, 2.24) is 31.1 Å². The zero-order valence-corrected chi connectivity index (χ0v) is 21.9. The Morgan fingerprint density at radius 3 is 2.54 bits per heavy atom. The van der Waals surface area contributed by atoms with Crippen molar-refractivity contribution in [2.24, 2.45) is 10.9 Å². The lowest BCUT2D eigenvalue weighted by Crippen LogP contribution is -2.51. The van der Waals surface area contributed by atoms with Crippen LogP contribution in [0.2, 0.25) is 0 Å². The van der Waals surface area contributed by atoms with Crippen molar-refractivity contribution in [3.63, 3.8) is 0 Å². The van der Waals surface area contributed by atoms with Crippen molar-refractivity contribution < 1.29 is 9.59 Å². The lowest BCUT2D eigenvalue weighted by Gasteiger charge is -2.32.